The van der Waals surface area contributed by atoms with Gasteiger partial charge < -0.3 is 10.0 Å². The van der Waals surface area contributed by atoms with Gasteiger partial charge in [0.15, 0.2) is 0 Å². The number of carboxylic acids is 1. The van der Waals surface area contributed by atoms with E-state index in [2.05, 4.69) is 0 Å². The molecule has 1 rings (SSSR count). The first kappa shape index (κ1) is 16.6. The number of rotatable bonds is 5. The smallest absolute Gasteiger partial charge is 0.305 e. The lowest BCUT2D eigenvalue weighted by Gasteiger charge is -2.29. The molecule has 0 aliphatic rings. The zero-order valence-electron chi connectivity index (χ0n) is 12.2. The first-order valence-electron chi connectivity index (χ1n) is 6.41. The van der Waals surface area contributed by atoms with Crippen LogP contribution in [0.2, 0.25) is 0 Å². The van der Waals surface area contributed by atoms with Gasteiger partial charge in [-0.3, -0.25) is 19.7 Å². The van der Waals surface area contributed by atoms with Crippen LogP contribution in [0.4, 0.5) is 11.4 Å². The summed E-state index contributed by atoms with van der Waals surface area (Å²) in [6.07, 6.45) is -0.232. The van der Waals surface area contributed by atoms with E-state index in [1.54, 1.807) is 26.8 Å². The summed E-state index contributed by atoms with van der Waals surface area (Å²) in [6.45, 7) is 5.09. The van der Waals surface area contributed by atoms with Crippen molar-refractivity contribution in [3.8, 4) is 0 Å². The molecular formula is C14H18N2O5. The number of amides is 1. The molecule has 7 nitrogen and oxygen atoms in total. The number of carbonyl (C=O) groups is 2. The van der Waals surface area contributed by atoms with Crippen molar-refractivity contribution in [2.45, 2.75) is 27.2 Å². The molecule has 0 unspecified atom stereocenters. The Morgan fingerprint density at radius 1 is 1.33 bits per heavy atom. The number of non-ortho nitro benzene ring substituents is 1. The Morgan fingerprint density at radius 2 is 1.95 bits per heavy atom. The molecule has 1 aromatic carbocycles. The van der Waals surface area contributed by atoms with E-state index in [0.717, 1.165) is 0 Å². The van der Waals surface area contributed by atoms with Crippen molar-refractivity contribution in [1.29, 1.82) is 0 Å². The van der Waals surface area contributed by atoms with Crippen molar-refractivity contribution < 1.29 is 19.6 Å². The molecule has 0 fully saturated rings. The number of carboxylic acid groups (broad SMARTS) is 1. The summed E-state index contributed by atoms with van der Waals surface area (Å²) in [5, 5.41) is 19.6. The summed E-state index contributed by atoms with van der Waals surface area (Å²) >= 11 is 0. The van der Waals surface area contributed by atoms with E-state index in [-0.39, 0.29) is 24.6 Å². The number of anilines is 1. The van der Waals surface area contributed by atoms with Crippen LogP contribution in [0.15, 0.2) is 24.3 Å². The SMILES string of the molecule is CC(C)(C)C(=O)N(CCC(=O)O)c1cccc([N+](=O)[O-])c1. The van der Waals surface area contributed by atoms with Gasteiger partial charge in [-0.25, -0.2) is 0 Å². The number of aliphatic carboxylic acids is 1. The molecule has 0 heterocycles. The van der Waals surface area contributed by atoms with E-state index >= 15 is 0 Å². The summed E-state index contributed by atoms with van der Waals surface area (Å²) in [5.74, 6) is -1.32. The highest BCUT2D eigenvalue weighted by Gasteiger charge is 2.29. The number of hydrogen-bond donors (Lipinski definition) is 1. The molecule has 0 bridgehead atoms. The quantitative estimate of drug-likeness (QED) is 0.664. The van der Waals surface area contributed by atoms with Crippen molar-refractivity contribution in [2.75, 3.05) is 11.4 Å². The molecule has 0 saturated heterocycles. The van der Waals surface area contributed by atoms with Gasteiger partial charge in [0.05, 0.1) is 17.0 Å². The maximum absolute atomic E-state index is 12.4. The number of benzene rings is 1. The predicted molar refractivity (Wildman–Crippen MR) is 77.2 cm³/mol. The molecule has 0 saturated carbocycles. The molecule has 0 aliphatic carbocycles. The van der Waals surface area contributed by atoms with Gasteiger partial charge in [0.1, 0.15) is 0 Å². The van der Waals surface area contributed by atoms with Crippen molar-refractivity contribution in [3.05, 3.63) is 34.4 Å². The van der Waals surface area contributed by atoms with E-state index < -0.39 is 16.3 Å². The Labute approximate surface area is 122 Å². The summed E-state index contributed by atoms with van der Waals surface area (Å²) in [4.78, 5) is 34.7. The van der Waals surface area contributed by atoms with Gasteiger partial charge in [-0.15, -0.1) is 0 Å². The lowest BCUT2D eigenvalue weighted by Crippen LogP contribution is -2.40. The second-order valence-corrected chi connectivity index (χ2v) is 5.63. The average Bonchev–Trinajstić information content (AvgIpc) is 2.37. The van der Waals surface area contributed by atoms with Gasteiger partial charge in [0.25, 0.3) is 5.69 Å². The van der Waals surface area contributed by atoms with Gasteiger partial charge in [0, 0.05) is 24.1 Å². The minimum absolute atomic E-state index is 0.0351. The van der Waals surface area contributed by atoms with Crippen molar-refractivity contribution >= 4 is 23.3 Å². The van der Waals surface area contributed by atoms with E-state index in [9.17, 15) is 19.7 Å². The fraction of sp³-hybridized carbons (Fsp3) is 0.429. The number of nitro benzene ring substituents is 1. The van der Waals surface area contributed by atoms with Crippen LogP contribution in [0, 0.1) is 15.5 Å². The van der Waals surface area contributed by atoms with Gasteiger partial charge in [-0.05, 0) is 6.07 Å². The van der Waals surface area contributed by atoms with Gasteiger partial charge in [-0.2, -0.15) is 0 Å². The molecule has 21 heavy (non-hydrogen) atoms. The monoisotopic (exact) mass is 294 g/mol. The van der Waals surface area contributed by atoms with Gasteiger partial charge in [-0.1, -0.05) is 26.8 Å². The molecule has 1 N–H and O–H groups in total. The normalized spacial score (nSPS) is 11.0. The molecule has 0 radical (unpaired) electrons. The van der Waals surface area contributed by atoms with E-state index in [4.69, 9.17) is 5.11 Å². The zero-order chi connectivity index (χ0) is 16.2. The Hall–Kier alpha value is -2.44. The Kier molecular flexibility index (Phi) is 5.02. The fourth-order valence-electron chi connectivity index (χ4n) is 1.73. The minimum atomic E-state index is -1.04. The van der Waals surface area contributed by atoms with Gasteiger partial charge in [0.2, 0.25) is 5.91 Å². The molecule has 0 spiro atoms. The van der Waals surface area contributed by atoms with Crippen LogP contribution in [-0.4, -0.2) is 28.5 Å². The second kappa shape index (κ2) is 6.34. The molecule has 0 aliphatic heterocycles. The lowest BCUT2D eigenvalue weighted by atomic mass is 9.94. The summed E-state index contributed by atoms with van der Waals surface area (Å²) in [6, 6.07) is 5.61. The highest BCUT2D eigenvalue weighted by Crippen LogP contribution is 2.26. The first-order valence-corrected chi connectivity index (χ1v) is 6.41. The van der Waals surface area contributed by atoms with Crippen LogP contribution in [0.1, 0.15) is 27.2 Å². The average molecular weight is 294 g/mol. The van der Waals surface area contributed by atoms with E-state index in [1.165, 1.54) is 23.1 Å². The zero-order valence-corrected chi connectivity index (χ0v) is 12.2. The minimum Gasteiger partial charge on any atom is -0.481 e. The largest absolute Gasteiger partial charge is 0.481 e. The third kappa shape index (κ3) is 4.55. The summed E-state index contributed by atoms with van der Waals surface area (Å²) in [7, 11) is 0. The maximum atomic E-state index is 12.4. The Balaban J connectivity index is 3.17. The number of nitrogens with zero attached hydrogens (tertiary/aromatic N) is 2. The molecule has 1 amide bonds. The fourth-order valence-corrected chi connectivity index (χ4v) is 1.73. The summed E-state index contributed by atoms with van der Waals surface area (Å²) in [5.41, 5.74) is -0.539. The summed E-state index contributed by atoms with van der Waals surface area (Å²) < 4.78 is 0. The Bertz CT molecular complexity index is 563. The molecule has 7 heteroatoms. The topological polar surface area (TPSA) is 101 Å². The van der Waals surface area contributed by atoms with Crippen LogP contribution in [0.3, 0.4) is 0 Å². The van der Waals surface area contributed by atoms with Gasteiger partial charge >= 0.3 is 5.97 Å². The number of nitro groups is 1. The third-order valence-electron chi connectivity index (χ3n) is 2.79. The van der Waals surface area contributed by atoms with Crippen LogP contribution in [-0.2, 0) is 9.59 Å². The van der Waals surface area contributed by atoms with Crippen LogP contribution in [0.5, 0.6) is 0 Å². The molecular weight excluding hydrogens is 276 g/mol. The highest BCUT2D eigenvalue weighted by molar-refractivity contribution is 5.97. The van der Waals surface area contributed by atoms with Crippen molar-refractivity contribution in [1.82, 2.24) is 0 Å². The maximum Gasteiger partial charge on any atom is 0.305 e. The third-order valence-corrected chi connectivity index (χ3v) is 2.79. The molecule has 0 atom stereocenters. The standard InChI is InChI=1S/C14H18N2O5/c1-14(2,3)13(19)15(8-7-12(17)18)10-5-4-6-11(9-10)16(20)21/h4-6,9H,7-8H2,1-3H3,(H,17,18). The van der Waals surface area contributed by atoms with Crippen LogP contribution in [0.25, 0.3) is 0 Å². The number of carbonyl (C=O) groups excluding carboxylic acids is 1. The Morgan fingerprint density at radius 3 is 2.43 bits per heavy atom. The van der Waals surface area contributed by atoms with Crippen LogP contribution >= 0.6 is 0 Å². The molecule has 114 valence electrons. The van der Waals surface area contributed by atoms with E-state index in [1.807, 2.05) is 0 Å². The number of hydrogen-bond acceptors (Lipinski definition) is 4. The van der Waals surface area contributed by atoms with Crippen molar-refractivity contribution in [3.63, 3.8) is 0 Å². The highest BCUT2D eigenvalue weighted by atomic mass is 16.6. The van der Waals surface area contributed by atoms with E-state index in [0.29, 0.717) is 5.69 Å². The van der Waals surface area contributed by atoms with Crippen LogP contribution < -0.4 is 4.90 Å². The lowest BCUT2D eigenvalue weighted by molar-refractivity contribution is -0.384. The first-order chi connectivity index (χ1) is 9.62. The molecule has 0 aromatic heterocycles. The second-order valence-electron chi connectivity index (χ2n) is 5.63. The molecule has 1 aromatic rings. The predicted octanol–water partition coefficient (Wildman–Crippen LogP) is 2.45. The van der Waals surface area contributed by atoms with Crippen molar-refractivity contribution in [2.24, 2.45) is 5.41 Å².